The number of anilines is 1. The van der Waals surface area contributed by atoms with Crippen molar-refractivity contribution in [3.05, 3.63) is 60.2 Å². The summed E-state index contributed by atoms with van der Waals surface area (Å²) in [5, 5.41) is 2.66. The molecule has 0 aromatic heterocycles. The van der Waals surface area contributed by atoms with Crippen LogP contribution in [0.15, 0.2) is 54.6 Å². The van der Waals surface area contributed by atoms with Gasteiger partial charge in [-0.3, -0.25) is 4.79 Å². The molecule has 0 radical (unpaired) electrons. The molecule has 1 aliphatic heterocycles. The Morgan fingerprint density at radius 3 is 2.42 bits per heavy atom. The Balaban J connectivity index is 1.57. The molecule has 0 aliphatic carbocycles. The van der Waals surface area contributed by atoms with Gasteiger partial charge in [0.25, 0.3) is 0 Å². The maximum absolute atomic E-state index is 12.3. The van der Waals surface area contributed by atoms with E-state index in [0.29, 0.717) is 17.9 Å². The lowest BCUT2D eigenvalue weighted by Crippen LogP contribution is -2.38. The molecule has 124 valence electrons. The van der Waals surface area contributed by atoms with Gasteiger partial charge in [-0.1, -0.05) is 30.3 Å². The third-order valence-corrected chi connectivity index (χ3v) is 3.78. The first-order valence-corrected chi connectivity index (χ1v) is 7.77. The Labute approximate surface area is 140 Å². The highest BCUT2D eigenvalue weighted by molar-refractivity contribution is 5.88. The fourth-order valence-electron chi connectivity index (χ4n) is 2.61. The first-order valence-electron chi connectivity index (χ1n) is 7.77. The molecule has 6 nitrogen and oxygen atoms in total. The van der Waals surface area contributed by atoms with Crippen LogP contribution in [0.25, 0.3) is 0 Å². The summed E-state index contributed by atoms with van der Waals surface area (Å²) < 4.78 is 5.39. The van der Waals surface area contributed by atoms with Crippen LogP contribution in [-0.2, 0) is 9.59 Å². The highest BCUT2D eigenvalue weighted by Crippen LogP contribution is 2.23. The fraction of sp³-hybridized carbons (Fsp3) is 0.222. The molecule has 0 bridgehead atoms. The van der Waals surface area contributed by atoms with Gasteiger partial charge in [0.2, 0.25) is 5.91 Å². The van der Waals surface area contributed by atoms with E-state index < -0.39 is 6.04 Å². The van der Waals surface area contributed by atoms with E-state index >= 15 is 0 Å². The van der Waals surface area contributed by atoms with Gasteiger partial charge in [-0.2, -0.15) is 0 Å². The number of ether oxygens (including phenoxy) is 1. The molecule has 2 unspecified atom stereocenters. The molecule has 1 amide bonds. The Morgan fingerprint density at radius 2 is 1.75 bits per heavy atom. The van der Waals surface area contributed by atoms with Crippen LogP contribution < -0.4 is 20.9 Å². The van der Waals surface area contributed by atoms with Crippen LogP contribution in [0.3, 0.4) is 0 Å². The van der Waals surface area contributed by atoms with Crippen molar-refractivity contribution < 1.29 is 14.3 Å². The van der Waals surface area contributed by atoms with Crippen molar-refractivity contribution in [2.75, 3.05) is 5.32 Å². The van der Waals surface area contributed by atoms with Crippen molar-refractivity contribution in [1.82, 2.24) is 10.9 Å². The Hall–Kier alpha value is -2.70. The number of hydrazine groups is 1. The summed E-state index contributed by atoms with van der Waals surface area (Å²) in [5.41, 5.74) is 7.89. The van der Waals surface area contributed by atoms with Crippen molar-refractivity contribution in [3.8, 4) is 5.75 Å². The van der Waals surface area contributed by atoms with Crippen LogP contribution in [0.5, 0.6) is 5.75 Å². The SMILES string of the molecule is CC(=O)Nc1ccc(OC(=O)C2CC(c3ccccc3)NN2)cc1. The zero-order valence-corrected chi connectivity index (χ0v) is 13.3. The lowest BCUT2D eigenvalue weighted by atomic mass is 10.0. The molecule has 1 heterocycles. The van der Waals surface area contributed by atoms with Crippen molar-refractivity contribution in [3.63, 3.8) is 0 Å². The van der Waals surface area contributed by atoms with Crippen molar-refractivity contribution in [2.45, 2.75) is 25.4 Å². The van der Waals surface area contributed by atoms with Crippen LogP contribution in [0.2, 0.25) is 0 Å². The van der Waals surface area contributed by atoms with E-state index in [4.69, 9.17) is 4.74 Å². The average molecular weight is 325 g/mol. The smallest absolute Gasteiger partial charge is 0.329 e. The Morgan fingerprint density at radius 1 is 1.04 bits per heavy atom. The predicted molar refractivity (Wildman–Crippen MR) is 90.2 cm³/mol. The van der Waals surface area contributed by atoms with Crippen molar-refractivity contribution in [2.24, 2.45) is 0 Å². The normalized spacial score (nSPS) is 19.7. The highest BCUT2D eigenvalue weighted by atomic mass is 16.5. The minimum absolute atomic E-state index is 0.0749. The number of nitrogens with one attached hydrogen (secondary N) is 3. The summed E-state index contributed by atoms with van der Waals surface area (Å²) >= 11 is 0. The number of esters is 1. The maximum Gasteiger partial charge on any atom is 0.329 e. The maximum atomic E-state index is 12.3. The molecular weight excluding hydrogens is 306 g/mol. The first kappa shape index (κ1) is 16.2. The lowest BCUT2D eigenvalue weighted by Gasteiger charge is -2.10. The molecule has 0 saturated carbocycles. The summed E-state index contributed by atoms with van der Waals surface area (Å²) in [7, 11) is 0. The molecule has 2 atom stereocenters. The third-order valence-electron chi connectivity index (χ3n) is 3.78. The average Bonchev–Trinajstić information content (AvgIpc) is 3.07. The van der Waals surface area contributed by atoms with Gasteiger partial charge in [0, 0.05) is 18.7 Å². The summed E-state index contributed by atoms with van der Waals surface area (Å²) in [6.07, 6.45) is 0.618. The van der Waals surface area contributed by atoms with Crippen molar-refractivity contribution in [1.29, 1.82) is 0 Å². The molecule has 1 fully saturated rings. The second kappa shape index (κ2) is 7.25. The monoisotopic (exact) mass is 325 g/mol. The number of amides is 1. The number of hydrogen-bond acceptors (Lipinski definition) is 5. The summed E-state index contributed by atoms with van der Waals surface area (Å²) in [5.74, 6) is -0.0415. The zero-order valence-electron chi connectivity index (χ0n) is 13.3. The van der Waals surface area contributed by atoms with Crippen LogP contribution in [0.4, 0.5) is 5.69 Å². The summed E-state index contributed by atoms with van der Waals surface area (Å²) in [4.78, 5) is 23.2. The van der Waals surface area contributed by atoms with E-state index in [2.05, 4.69) is 16.2 Å². The molecule has 24 heavy (non-hydrogen) atoms. The lowest BCUT2D eigenvalue weighted by molar-refractivity contribution is -0.136. The van der Waals surface area contributed by atoms with E-state index in [1.807, 2.05) is 30.3 Å². The third kappa shape index (κ3) is 3.98. The molecule has 1 aliphatic rings. The zero-order chi connectivity index (χ0) is 16.9. The van der Waals surface area contributed by atoms with E-state index in [1.54, 1.807) is 24.3 Å². The minimum atomic E-state index is -0.412. The van der Waals surface area contributed by atoms with Gasteiger partial charge in [0.1, 0.15) is 11.8 Å². The van der Waals surface area contributed by atoms with Gasteiger partial charge in [0.05, 0.1) is 0 Å². The van der Waals surface area contributed by atoms with E-state index in [0.717, 1.165) is 5.56 Å². The van der Waals surface area contributed by atoms with Crippen LogP contribution in [0, 0.1) is 0 Å². The molecule has 2 aromatic rings. The van der Waals surface area contributed by atoms with Crippen LogP contribution in [0.1, 0.15) is 24.9 Å². The van der Waals surface area contributed by atoms with Gasteiger partial charge in [-0.15, -0.1) is 0 Å². The van der Waals surface area contributed by atoms with Crippen LogP contribution in [-0.4, -0.2) is 17.9 Å². The molecule has 1 saturated heterocycles. The predicted octanol–water partition coefficient (Wildman–Crippen LogP) is 2.16. The number of benzene rings is 2. The molecular formula is C18H19N3O3. The first-order chi connectivity index (χ1) is 11.6. The number of rotatable bonds is 4. The van der Waals surface area contributed by atoms with E-state index in [9.17, 15) is 9.59 Å². The van der Waals surface area contributed by atoms with Crippen molar-refractivity contribution >= 4 is 17.6 Å². The van der Waals surface area contributed by atoms with Gasteiger partial charge < -0.3 is 10.1 Å². The minimum Gasteiger partial charge on any atom is -0.425 e. The second-order valence-corrected chi connectivity index (χ2v) is 5.67. The van der Waals surface area contributed by atoms with Gasteiger partial charge in [-0.25, -0.2) is 15.6 Å². The Bertz CT molecular complexity index is 716. The number of carbonyl (C=O) groups excluding carboxylic acids is 2. The molecule has 3 N–H and O–H groups in total. The molecule has 0 spiro atoms. The summed E-state index contributed by atoms with van der Waals surface area (Å²) in [6.45, 7) is 1.44. The standard InChI is InChI=1S/C18H19N3O3/c1-12(22)19-14-7-9-15(10-8-14)24-18(23)17-11-16(20-21-17)13-5-3-2-4-6-13/h2-10,16-17,20-21H,11H2,1H3,(H,19,22). The fourth-order valence-corrected chi connectivity index (χ4v) is 2.61. The topological polar surface area (TPSA) is 79.5 Å². The van der Waals surface area contributed by atoms with Gasteiger partial charge >= 0.3 is 5.97 Å². The van der Waals surface area contributed by atoms with Crippen LogP contribution >= 0.6 is 0 Å². The molecule has 2 aromatic carbocycles. The second-order valence-electron chi connectivity index (χ2n) is 5.67. The quantitative estimate of drug-likeness (QED) is 0.593. The van der Waals surface area contributed by atoms with E-state index in [-0.39, 0.29) is 17.9 Å². The highest BCUT2D eigenvalue weighted by Gasteiger charge is 2.31. The molecule has 6 heteroatoms. The van der Waals surface area contributed by atoms with E-state index in [1.165, 1.54) is 6.92 Å². The van der Waals surface area contributed by atoms with Gasteiger partial charge in [-0.05, 0) is 36.2 Å². The molecule has 3 rings (SSSR count). The number of carbonyl (C=O) groups is 2. The van der Waals surface area contributed by atoms with Gasteiger partial charge in [0.15, 0.2) is 0 Å². The largest absolute Gasteiger partial charge is 0.425 e. The number of hydrogen-bond donors (Lipinski definition) is 3. The summed E-state index contributed by atoms with van der Waals surface area (Å²) in [6, 6.07) is 16.3. The Kier molecular flexibility index (Phi) is 4.88.